The van der Waals surface area contributed by atoms with Crippen molar-refractivity contribution < 1.29 is 43.3 Å². The third kappa shape index (κ3) is 5.23. The maximum Gasteiger partial charge on any atom is 0.511 e. The number of thioether (sulfide) groups is 1. The lowest BCUT2D eigenvalue weighted by atomic mass is 10.0. The van der Waals surface area contributed by atoms with E-state index in [0.29, 0.717) is 11.3 Å². The summed E-state index contributed by atoms with van der Waals surface area (Å²) in [5.41, 5.74) is 5.62. The van der Waals surface area contributed by atoms with Crippen molar-refractivity contribution in [1.82, 2.24) is 15.2 Å². The minimum absolute atomic E-state index is 0.0515. The average Bonchev–Trinajstić information content (AvgIpc) is 3.23. The molecule has 2 amide bonds. The number of nitrogen functional groups attached to an aromatic ring is 1. The Bertz CT molecular complexity index is 1040. The lowest BCUT2D eigenvalue weighted by Crippen LogP contribution is -2.71. The van der Waals surface area contributed by atoms with Crippen molar-refractivity contribution in [3.05, 3.63) is 22.3 Å². The third-order valence-electron chi connectivity index (χ3n) is 4.55. The number of nitrogens with zero attached hydrogens (tertiary/aromatic N) is 3. The molecule has 2 aliphatic rings. The van der Waals surface area contributed by atoms with Gasteiger partial charge in [-0.05, 0) is 12.5 Å². The number of ether oxygens (including phenoxy) is 4. The topological polar surface area (TPSA) is 192 Å². The second-order valence-electron chi connectivity index (χ2n) is 6.64. The maximum absolute atomic E-state index is 12.9. The molecule has 4 N–H and O–H groups in total. The Morgan fingerprint density at radius 2 is 2.12 bits per heavy atom. The molecule has 1 aromatic rings. The standard InChI is InChI=1S/C18H21N5O9S2/c1-3-30-18(27)32-7-31-16(26)12-8(4-29-2)5-33-15-11(14(25)23(12)15)21-13(24)10(22-28)9-6-34-17(19)20-9/h6,11,15,28H,3-5,7H2,1-2H3,(H2,19,20)(H,21,24)/b22-10-/t11?,15-/m1/s1. The summed E-state index contributed by atoms with van der Waals surface area (Å²) in [5, 5.41) is 15.7. The third-order valence-corrected chi connectivity index (χ3v) is 6.57. The maximum atomic E-state index is 12.9. The molecule has 0 saturated carbocycles. The molecule has 0 aliphatic carbocycles. The van der Waals surface area contributed by atoms with E-state index in [1.54, 1.807) is 6.92 Å². The molecule has 2 atom stereocenters. The Labute approximate surface area is 201 Å². The van der Waals surface area contributed by atoms with Crippen LogP contribution in [0.5, 0.6) is 0 Å². The zero-order valence-corrected chi connectivity index (χ0v) is 19.6. The minimum Gasteiger partial charge on any atom is -0.435 e. The number of fused-ring (bicyclic) bond motifs is 1. The van der Waals surface area contributed by atoms with Gasteiger partial charge in [-0.15, -0.1) is 23.1 Å². The number of thiazole rings is 1. The summed E-state index contributed by atoms with van der Waals surface area (Å²) >= 11 is 2.34. The van der Waals surface area contributed by atoms with E-state index in [0.717, 1.165) is 11.3 Å². The van der Waals surface area contributed by atoms with E-state index in [-0.39, 0.29) is 29.7 Å². The lowest BCUT2D eigenvalue weighted by Gasteiger charge is -2.49. The van der Waals surface area contributed by atoms with Gasteiger partial charge in [0, 0.05) is 18.2 Å². The van der Waals surface area contributed by atoms with E-state index >= 15 is 0 Å². The first kappa shape index (κ1) is 25.3. The number of carbonyl (C=O) groups is 4. The number of β-lactam (4-membered cyclic amide) rings is 1. The van der Waals surface area contributed by atoms with Crippen LogP contribution in [0.2, 0.25) is 0 Å². The SMILES string of the molecule is CCOC(=O)OCOC(=O)C1=C(COC)CS[C@@H]2C(NC(=O)/C(=N\O)c3csc(N)n3)C(=O)N12. The molecular formula is C18H21N5O9S2. The van der Waals surface area contributed by atoms with Gasteiger partial charge in [0.25, 0.3) is 11.8 Å². The number of oxime groups is 1. The Kier molecular flexibility index (Phi) is 8.30. The number of rotatable bonds is 9. The molecule has 1 aromatic heterocycles. The normalized spacial score (nSPS) is 19.8. The first-order valence-corrected chi connectivity index (χ1v) is 11.6. The summed E-state index contributed by atoms with van der Waals surface area (Å²) in [5.74, 6) is -2.03. The van der Waals surface area contributed by atoms with E-state index in [2.05, 4.69) is 24.9 Å². The predicted octanol–water partition coefficient (Wildman–Crippen LogP) is -0.122. The van der Waals surface area contributed by atoms with Gasteiger partial charge in [0.15, 0.2) is 10.8 Å². The second kappa shape index (κ2) is 11.2. The summed E-state index contributed by atoms with van der Waals surface area (Å²) in [6.07, 6.45) is -1.01. The lowest BCUT2D eigenvalue weighted by molar-refractivity contribution is -0.157. The van der Waals surface area contributed by atoms with Crippen LogP contribution < -0.4 is 11.1 Å². The molecule has 0 spiro atoms. The van der Waals surface area contributed by atoms with Crippen molar-refractivity contribution in [2.75, 3.05) is 38.6 Å². The van der Waals surface area contributed by atoms with Gasteiger partial charge in [-0.2, -0.15) is 0 Å². The molecule has 3 rings (SSSR count). The van der Waals surface area contributed by atoms with Crippen LogP contribution in [-0.4, -0.2) is 89.0 Å². The summed E-state index contributed by atoms with van der Waals surface area (Å²) in [4.78, 5) is 54.5. The number of anilines is 1. The molecule has 2 aliphatic heterocycles. The van der Waals surface area contributed by atoms with Gasteiger partial charge in [-0.3, -0.25) is 14.5 Å². The van der Waals surface area contributed by atoms with E-state index in [1.807, 2.05) is 0 Å². The summed E-state index contributed by atoms with van der Waals surface area (Å²) in [6.45, 7) is 1.01. The number of amides is 2. The fourth-order valence-corrected chi connectivity index (χ4v) is 5.01. The highest BCUT2D eigenvalue weighted by atomic mass is 32.2. The molecule has 1 saturated heterocycles. The van der Waals surface area contributed by atoms with Crippen molar-refractivity contribution in [2.45, 2.75) is 18.3 Å². The van der Waals surface area contributed by atoms with Crippen molar-refractivity contribution in [3.63, 3.8) is 0 Å². The highest BCUT2D eigenvalue weighted by molar-refractivity contribution is 8.00. The molecule has 0 bridgehead atoms. The monoisotopic (exact) mass is 515 g/mol. The van der Waals surface area contributed by atoms with E-state index in [1.165, 1.54) is 29.2 Å². The number of carbonyl (C=O) groups excluding carboxylic acids is 4. The molecule has 3 heterocycles. The van der Waals surface area contributed by atoms with Crippen LogP contribution in [0, 0.1) is 0 Å². The molecule has 34 heavy (non-hydrogen) atoms. The molecule has 1 unspecified atom stereocenters. The number of nitrogens with two attached hydrogens (primary N) is 1. The number of esters is 1. The zero-order chi connectivity index (χ0) is 24.8. The van der Waals surface area contributed by atoms with Gasteiger partial charge >= 0.3 is 12.1 Å². The van der Waals surface area contributed by atoms with E-state index in [4.69, 9.17) is 15.2 Å². The van der Waals surface area contributed by atoms with Crippen molar-refractivity contribution in [3.8, 4) is 0 Å². The highest BCUT2D eigenvalue weighted by Gasteiger charge is 2.54. The van der Waals surface area contributed by atoms with Crippen LogP contribution in [0.4, 0.5) is 9.93 Å². The molecule has 0 aromatic carbocycles. The number of aromatic nitrogens is 1. The second-order valence-corrected chi connectivity index (χ2v) is 8.64. The quantitative estimate of drug-likeness (QED) is 0.0987. The van der Waals surface area contributed by atoms with Gasteiger partial charge in [0.2, 0.25) is 6.79 Å². The molecule has 14 nitrogen and oxygen atoms in total. The van der Waals surface area contributed by atoms with Crippen LogP contribution in [0.1, 0.15) is 12.6 Å². The summed E-state index contributed by atoms with van der Waals surface area (Å²) in [6, 6.07) is -1.01. The number of hydrogen-bond donors (Lipinski definition) is 3. The highest BCUT2D eigenvalue weighted by Crippen LogP contribution is 2.40. The number of methoxy groups -OCH3 is 1. The molecule has 16 heteroatoms. The van der Waals surface area contributed by atoms with Gasteiger partial charge in [-0.25, -0.2) is 14.6 Å². The van der Waals surface area contributed by atoms with Crippen LogP contribution >= 0.6 is 23.1 Å². The van der Waals surface area contributed by atoms with E-state index in [9.17, 15) is 24.4 Å². The predicted molar refractivity (Wildman–Crippen MR) is 118 cm³/mol. The Hall–Kier alpha value is -3.37. The van der Waals surface area contributed by atoms with Crippen LogP contribution in [0.25, 0.3) is 0 Å². The van der Waals surface area contributed by atoms with Crippen molar-refractivity contribution >= 4 is 57.9 Å². The largest absolute Gasteiger partial charge is 0.511 e. The van der Waals surface area contributed by atoms with Crippen molar-refractivity contribution in [2.24, 2.45) is 5.16 Å². The smallest absolute Gasteiger partial charge is 0.435 e. The minimum atomic E-state index is -1.01. The van der Waals surface area contributed by atoms with Gasteiger partial charge in [0.1, 0.15) is 22.8 Å². The van der Waals surface area contributed by atoms with Gasteiger partial charge < -0.3 is 35.2 Å². The number of nitrogens with one attached hydrogen (secondary N) is 1. The van der Waals surface area contributed by atoms with Crippen LogP contribution in [0.15, 0.2) is 21.8 Å². The molecule has 184 valence electrons. The van der Waals surface area contributed by atoms with Gasteiger partial charge in [0.05, 0.1) is 13.2 Å². The molecule has 1 fully saturated rings. The fraction of sp³-hybridized carbons (Fsp3) is 0.444. The summed E-state index contributed by atoms with van der Waals surface area (Å²) < 4.78 is 19.3. The Balaban J connectivity index is 1.70. The van der Waals surface area contributed by atoms with Crippen molar-refractivity contribution in [1.29, 1.82) is 0 Å². The first-order valence-electron chi connectivity index (χ1n) is 9.68. The van der Waals surface area contributed by atoms with Crippen LogP contribution in [0.3, 0.4) is 0 Å². The van der Waals surface area contributed by atoms with E-state index < -0.39 is 47.9 Å². The van der Waals surface area contributed by atoms with Crippen LogP contribution in [-0.2, 0) is 33.3 Å². The fourth-order valence-electron chi connectivity index (χ4n) is 3.13. The first-order chi connectivity index (χ1) is 16.3. The average molecular weight is 516 g/mol. The number of hydrogen-bond acceptors (Lipinski definition) is 14. The molecular weight excluding hydrogens is 494 g/mol. The Morgan fingerprint density at radius 1 is 1.35 bits per heavy atom. The van der Waals surface area contributed by atoms with Gasteiger partial charge in [-0.1, -0.05) is 5.16 Å². The molecule has 0 radical (unpaired) electrons. The summed E-state index contributed by atoms with van der Waals surface area (Å²) in [7, 11) is 1.43. The Morgan fingerprint density at radius 3 is 2.74 bits per heavy atom. The zero-order valence-electron chi connectivity index (χ0n) is 18.0.